The van der Waals surface area contributed by atoms with Crippen molar-refractivity contribution in [3.63, 3.8) is 0 Å². The van der Waals surface area contributed by atoms with E-state index in [2.05, 4.69) is 21.2 Å². The molecule has 0 saturated carbocycles. The highest BCUT2D eigenvalue weighted by Crippen LogP contribution is 2.23. The third-order valence-corrected chi connectivity index (χ3v) is 2.30. The van der Waals surface area contributed by atoms with Crippen LogP contribution in [0.2, 0.25) is 0 Å². The van der Waals surface area contributed by atoms with Gasteiger partial charge in [-0.25, -0.2) is 8.78 Å². The van der Waals surface area contributed by atoms with Gasteiger partial charge in [-0.2, -0.15) is 0 Å². The minimum absolute atomic E-state index is 0.0187. The van der Waals surface area contributed by atoms with Crippen LogP contribution in [0.3, 0.4) is 0 Å². The Morgan fingerprint density at radius 3 is 2.50 bits per heavy atom. The van der Waals surface area contributed by atoms with Crippen molar-refractivity contribution < 1.29 is 13.6 Å². The first-order chi connectivity index (χ1) is 7.40. The molecule has 0 aliphatic rings. The summed E-state index contributed by atoms with van der Waals surface area (Å²) in [6.07, 6.45) is 1.30. The van der Waals surface area contributed by atoms with Gasteiger partial charge >= 0.3 is 0 Å². The highest BCUT2D eigenvalue weighted by Gasteiger charge is 2.09. The molecule has 0 aromatic heterocycles. The Morgan fingerprint density at radius 1 is 1.31 bits per heavy atom. The maximum Gasteiger partial charge on any atom is 0.248 e. The van der Waals surface area contributed by atoms with E-state index in [0.29, 0.717) is 0 Å². The Hall–Kier alpha value is -1.23. The molecule has 0 radical (unpaired) electrons. The number of rotatable bonds is 2. The molecule has 0 aliphatic carbocycles. The number of nitrogens with one attached hydrogen (secondary N) is 1. The predicted molar refractivity (Wildman–Crippen MR) is 62.1 cm³/mol. The highest BCUT2D eigenvalue weighted by molar-refractivity contribution is 9.10. The van der Waals surface area contributed by atoms with Gasteiger partial charge in [-0.15, -0.1) is 0 Å². The molecule has 5 heteroatoms. The molecule has 1 aromatic carbocycles. The van der Waals surface area contributed by atoms with E-state index in [-0.39, 0.29) is 10.2 Å². The lowest BCUT2D eigenvalue weighted by atomic mass is 10.2. The third-order valence-electron chi connectivity index (χ3n) is 1.69. The summed E-state index contributed by atoms with van der Waals surface area (Å²) >= 11 is 2.85. The van der Waals surface area contributed by atoms with E-state index in [0.717, 1.165) is 17.7 Å². The number of carbonyl (C=O) groups excluding carboxylic acids is 1. The van der Waals surface area contributed by atoms with Crippen LogP contribution in [0.4, 0.5) is 14.5 Å². The zero-order valence-electron chi connectivity index (χ0n) is 8.77. The van der Waals surface area contributed by atoms with Crippen molar-refractivity contribution in [3.05, 3.63) is 39.9 Å². The number of halogens is 3. The minimum atomic E-state index is -0.691. The molecule has 16 heavy (non-hydrogen) atoms. The van der Waals surface area contributed by atoms with E-state index >= 15 is 0 Å². The van der Waals surface area contributed by atoms with E-state index in [1.54, 1.807) is 13.8 Å². The highest BCUT2D eigenvalue weighted by atomic mass is 79.9. The number of hydrogen-bond acceptors (Lipinski definition) is 1. The maximum atomic E-state index is 13.3. The van der Waals surface area contributed by atoms with Gasteiger partial charge in [-0.05, 0) is 35.8 Å². The number of allylic oxidation sites excluding steroid dienone is 1. The Kier molecular flexibility index (Phi) is 4.18. The quantitative estimate of drug-likeness (QED) is 0.654. The summed E-state index contributed by atoms with van der Waals surface area (Å²) in [5, 5.41) is 2.26. The number of anilines is 1. The van der Waals surface area contributed by atoms with Crippen molar-refractivity contribution in [1.82, 2.24) is 0 Å². The summed E-state index contributed by atoms with van der Waals surface area (Å²) < 4.78 is 26.4. The molecule has 1 aromatic rings. The molecule has 1 N–H and O–H groups in total. The molecule has 2 nitrogen and oxygen atoms in total. The van der Waals surface area contributed by atoms with Crippen LogP contribution in [0.5, 0.6) is 0 Å². The van der Waals surface area contributed by atoms with Gasteiger partial charge in [-0.3, -0.25) is 4.79 Å². The van der Waals surface area contributed by atoms with Crippen molar-refractivity contribution >= 4 is 27.5 Å². The maximum absolute atomic E-state index is 13.3. The first-order valence-electron chi connectivity index (χ1n) is 4.50. The molecule has 86 valence electrons. The van der Waals surface area contributed by atoms with Gasteiger partial charge in [0.15, 0.2) is 0 Å². The molecule has 1 rings (SSSR count). The first kappa shape index (κ1) is 12.8. The summed E-state index contributed by atoms with van der Waals surface area (Å²) in [6, 6.07) is 1.89. The lowest BCUT2D eigenvalue weighted by Gasteiger charge is -2.05. The SMILES string of the molecule is CC(C)=CC(=O)Nc1cc(F)c(Br)cc1F. The fourth-order valence-corrected chi connectivity index (χ4v) is 1.36. The summed E-state index contributed by atoms with van der Waals surface area (Å²) in [7, 11) is 0. The van der Waals surface area contributed by atoms with E-state index in [4.69, 9.17) is 0 Å². The molecule has 0 aliphatic heterocycles. The van der Waals surface area contributed by atoms with E-state index in [1.807, 2.05) is 0 Å². The minimum Gasteiger partial charge on any atom is -0.320 e. The fraction of sp³-hybridized carbons (Fsp3) is 0.182. The smallest absolute Gasteiger partial charge is 0.248 e. The van der Waals surface area contributed by atoms with Crippen molar-refractivity contribution in [2.24, 2.45) is 0 Å². The van der Waals surface area contributed by atoms with Crippen molar-refractivity contribution in [3.8, 4) is 0 Å². The molecule has 0 heterocycles. The van der Waals surface area contributed by atoms with Crippen LogP contribution in [0.25, 0.3) is 0 Å². The summed E-state index contributed by atoms with van der Waals surface area (Å²) in [5.41, 5.74) is 0.596. The number of amides is 1. The second kappa shape index (κ2) is 5.21. The van der Waals surface area contributed by atoms with Crippen LogP contribution >= 0.6 is 15.9 Å². The normalized spacial score (nSPS) is 9.81. The zero-order chi connectivity index (χ0) is 12.3. The third kappa shape index (κ3) is 3.41. The standard InChI is InChI=1S/C11H10BrF2NO/c1-6(2)3-11(16)15-10-5-8(13)7(12)4-9(10)14/h3-5H,1-2H3,(H,15,16). The summed E-state index contributed by atoms with van der Waals surface area (Å²) in [4.78, 5) is 11.3. The first-order valence-corrected chi connectivity index (χ1v) is 5.30. The molecule has 0 fully saturated rings. The van der Waals surface area contributed by atoms with E-state index in [1.165, 1.54) is 6.08 Å². The lowest BCUT2D eigenvalue weighted by Crippen LogP contribution is -2.10. The monoisotopic (exact) mass is 289 g/mol. The second-order valence-corrected chi connectivity index (χ2v) is 4.31. The lowest BCUT2D eigenvalue weighted by molar-refractivity contribution is -0.112. The Balaban J connectivity index is 2.94. The van der Waals surface area contributed by atoms with Crippen molar-refractivity contribution in [1.29, 1.82) is 0 Å². The molecule has 1 amide bonds. The van der Waals surface area contributed by atoms with Gasteiger partial charge in [0.1, 0.15) is 11.6 Å². The van der Waals surface area contributed by atoms with Crippen LogP contribution in [0.1, 0.15) is 13.8 Å². The zero-order valence-corrected chi connectivity index (χ0v) is 10.4. The van der Waals surface area contributed by atoms with Crippen LogP contribution in [-0.4, -0.2) is 5.91 Å². The van der Waals surface area contributed by atoms with Crippen molar-refractivity contribution in [2.75, 3.05) is 5.32 Å². The summed E-state index contributed by atoms with van der Waals surface area (Å²) in [5.74, 6) is -1.81. The van der Waals surface area contributed by atoms with Gasteiger partial charge in [0.2, 0.25) is 5.91 Å². The van der Waals surface area contributed by atoms with Gasteiger partial charge in [0, 0.05) is 12.1 Å². The molecular formula is C11H10BrF2NO. The number of carbonyl (C=O) groups is 1. The molecule has 0 atom stereocenters. The average molecular weight is 290 g/mol. The molecule has 0 spiro atoms. The van der Waals surface area contributed by atoms with Crippen LogP contribution < -0.4 is 5.32 Å². The van der Waals surface area contributed by atoms with Crippen molar-refractivity contribution in [2.45, 2.75) is 13.8 Å². The Morgan fingerprint density at radius 2 is 1.94 bits per heavy atom. The van der Waals surface area contributed by atoms with Crippen LogP contribution in [0.15, 0.2) is 28.3 Å². The van der Waals surface area contributed by atoms with E-state index < -0.39 is 17.5 Å². The van der Waals surface area contributed by atoms with Gasteiger partial charge in [0.25, 0.3) is 0 Å². The topological polar surface area (TPSA) is 29.1 Å². The molecular weight excluding hydrogens is 280 g/mol. The van der Waals surface area contributed by atoms with Gasteiger partial charge in [0.05, 0.1) is 10.2 Å². The van der Waals surface area contributed by atoms with Gasteiger partial charge in [-0.1, -0.05) is 5.57 Å². The number of benzene rings is 1. The average Bonchev–Trinajstić information content (AvgIpc) is 2.12. The number of hydrogen-bond donors (Lipinski definition) is 1. The van der Waals surface area contributed by atoms with E-state index in [9.17, 15) is 13.6 Å². The summed E-state index contributed by atoms with van der Waals surface area (Å²) in [6.45, 7) is 3.47. The largest absolute Gasteiger partial charge is 0.320 e. The second-order valence-electron chi connectivity index (χ2n) is 3.46. The Labute approximate surface area is 100 Å². The molecule has 0 unspecified atom stereocenters. The van der Waals surface area contributed by atoms with Gasteiger partial charge < -0.3 is 5.32 Å². The van der Waals surface area contributed by atoms with Crippen LogP contribution in [-0.2, 0) is 4.79 Å². The van der Waals surface area contributed by atoms with Crippen LogP contribution in [0, 0.1) is 11.6 Å². The Bertz CT molecular complexity index is 454. The fourth-order valence-electron chi connectivity index (χ4n) is 1.05. The molecule has 0 saturated heterocycles. The molecule has 0 bridgehead atoms. The predicted octanol–water partition coefficient (Wildman–Crippen LogP) is 3.63.